The molecule has 1 heteroatoms. The molecule has 0 N–H and O–H groups in total. The maximum absolute atomic E-state index is 4.95. The highest BCUT2D eigenvalue weighted by Crippen LogP contribution is 2.50. The Morgan fingerprint density at radius 1 is 0.700 bits per heavy atom. The molecule has 50 heavy (non-hydrogen) atoms. The first-order chi connectivity index (χ1) is 24.3. The molecule has 0 amide bonds. The van der Waals surface area contributed by atoms with Crippen molar-refractivity contribution >= 4 is 72.5 Å². The van der Waals surface area contributed by atoms with E-state index >= 15 is 0 Å². The number of fused-ring (bicyclic) bond motifs is 5. The van der Waals surface area contributed by atoms with Crippen LogP contribution in [0.15, 0.2) is 152 Å². The zero-order valence-corrected chi connectivity index (χ0v) is 29.6. The Morgan fingerprint density at radius 2 is 1.36 bits per heavy atom. The van der Waals surface area contributed by atoms with Gasteiger partial charge in [-0.05, 0) is 114 Å². The summed E-state index contributed by atoms with van der Waals surface area (Å²) in [4.78, 5) is 0. The molecule has 5 aromatic carbocycles. The van der Waals surface area contributed by atoms with Crippen LogP contribution in [0.3, 0.4) is 0 Å². The van der Waals surface area contributed by atoms with Gasteiger partial charge in [-0.15, -0.1) is 11.3 Å². The van der Waals surface area contributed by atoms with Crippen molar-refractivity contribution in [2.45, 2.75) is 32.1 Å². The molecule has 6 aromatic rings. The molecule has 0 saturated heterocycles. The van der Waals surface area contributed by atoms with Crippen LogP contribution >= 0.6 is 11.3 Å². The number of thiophene rings is 1. The van der Waals surface area contributed by atoms with Crippen molar-refractivity contribution in [2.24, 2.45) is 0 Å². The van der Waals surface area contributed by atoms with E-state index in [1.165, 1.54) is 48.0 Å². The molecule has 1 aromatic heterocycles. The number of allylic oxidation sites excluding steroid dienone is 7. The van der Waals surface area contributed by atoms with Crippen LogP contribution in [0.4, 0.5) is 0 Å². The van der Waals surface area contributed by atoms with Gasteiger partial charge in [0.1, 0.15) is 0 Å². The Bertz CT molecular complexity index is 2720. The molecule has 8 rings (SSSR count). The normalized spacial score (nSPS) is 19.1. The lowest BCUT2D eigenvalue weighted by molar-refractivity contribution is 0.704. The molecule has 0 aliphatic heterocycles. The van der Waals surface area contributed by atoms with Crippen LogP contribution in [-0.2, 0) is 5.41 Å². The third-order valence-electron chi connectivity index (χ3n) is 10.4. The SMILES string of the molecule is C=C(/C=c1/ccccc1=C)C1=c2\cccc\c2=C(C(=C)c2cc3c(cc2C2=Cc4ccccc4C2(C)C)sc2ccccc23)\C=C\CC\C=C\1. The molecule has 0 bridgehead atoms. The summed E-state index contributed by atoms with van der Waals surface area (Å²) in [7, 11) is 0. The zero-order valence-electron chi connectivity index (χ0n) is 28.8. The van der Waals surface area contributed by atoms with E-state index in [4.69, 9.17) is 6.58 Å². The number of hydrogen-bond acceptors (Lipinski definition) is 1. The maximum Gasteiger partial charge on any atom is 0.0361 e. The minimum atomic E-state index is -0.158. The molecule has 0 spiro atoms. The highest BCUT2D eigenvalue weighted by atomic mass is 32.1. The molecule has 0 nitrogen and oxygen atoms in total. The molecule has 0 fully saturated rings. The lowest BCUT2D eigenvalue weighted by Crippen LogP contribution is -2.30. The topological polar surface area (TPSA) is 0 Å². The second-order valence-corrected chi connectivity index (χ2v) is 14.9. The summed E-state index contributed by atoms with van der Waals surface area (Å²) >= 11 is 1.87. The number of hydrogen-bond donors (Lipinski definition) is 0. The van der Waals surface area contributed by atoms with Crippen LogP contribution in [0.25, 0.3) is 61.2 Å². The average molecular weight is 661 g/mol. The second-order valence-electron chi connectivity index (χ2n) is 13.9. The van der Waals surface area contributed by atoms with Gasteiger partial charge in [0.15, 0.2) is 0 Å². The van der Waals surface area contributed by atoms with Gasteiger partial charge in [0.2, 0.25) is 0 Å². The standard InChI is InChI=1S/C49H40S/c1-32-18-10-11-19-35(32)28-33(2)37-21-8-6-7-9-22-38(40-24-14-13-23-39(37)40)34(3)42-30-44-41-25-15-17-27-47(41)50-48(44)31-43(42)46-29-36-20-12-16-26-45(36)49(46,4)5/h8-31H,1-3,6-7H2,4-5H3/b21-8+,22-9+,35-28-,39-37+,40-38+. The summed E-state index contributed by atoms with van der Waals surface area (Å²) < 4.78 is 2.61. The van der Waals surface area contributed by atoms with Gasteiger partial charge in [-0.3, -0.25) is 0 Å². The highest BCUT2D eigenvalue weighted by molar-refractivity contribution is 7.25. The van der Waals surface area contributed by atoms with Gasteiger partial charge in [0, 0.05) is 25.6 Å². The third-order valence-corrected chi connectivity index (χ3v) is 11.5. The Kier molecular flexibility index (Phi) is 8.10. The highest BCUT2D eigenvalue weighted by Gasteiger charge is 2.35. The van der Waals surface area contributed by atoms with Gasteiger partial charge in [0.05, 0.1) is 0 Å². The van der Waals surface area contributed by atoms with Gasteiger partial charge in [0.25, 0.3) is 0 Å². The molecule has 242 valence electrons. The minimum absolute atomic E-state index is 0.158. The Labute approximate surface area is 298 Å². The van der Waals surface area contributed by atoms with Crippen LogP contribution in [0.1, 0.15) is 48.9 Å². The van der Waals surface area contributed by atoms with Crippen molar-refractivity contribution in [2.75, 3.05) is 0 Å². The monoisotopic (exact) mass is 660 g/mol. The molecule has 0 atom stereocenters. The molecular weight excluding hydrogens is 621 g/mol. The molecule has 2 aliphatic carbocycles. The van der Waals surface area contributed by atoms with Crippen LogP contribution in [0.5, 0.6) is 0 Å². The van der Waals surface area contributed by atoms with Crippen molar-refractivity contribution < 1.29 is 0 Å². The van der Waals surface area contributed by atoms with Crippen molar-refractivity contribution in [3.63, 3.8) is 0 Å². The Morgan fingerprint density at radius 3 is 2.14 bits per heavy atom. The van der Waals surface area contributed by atoms with E-state index in [9.17, 15) is 0 Å². The summed E-state index contributed by atoms with van der Waals surface area (Å²) in [5, 5.41) is 6.94. The molecular formula is C49H40S. The van der Waals surface area contributed by atoms with E-state index in [1.54, 1.807) is 0 Å². The Hall–Kier alpha value is -5.50. The Balaban J connectivity index is 1.42. The smallest absolute Gasteiger partial charge is 0.0361 e. The molecule has 0 radical (unpaired) electrons. The summed E-state index contributed by atoms with van der Waals surface area (Å²) in [6.07, 6.45) is 15.6. The van der Waals surface area contributed by atoms with Gasteiger partial charge < -0.3 is 0 Å². The molecule has 0 unspecified atom stereocenters. The van der Waals surface area contributed by atoms with Gasteiger partial charge in [-0.25, -0.2) is 0 Å². The van der Waals surface area contributed by atoms with E-state index in [1.807, 2.05) is 23.5 Å². The predicted octanol–water partition coefficient (Wildman–Crippen LogP) is 10.3. The summed E-state index contributed by atoms with van der Waals surface area (Å²) in [6, 6.07) is 39.4. The maximum atomic E-state index is 4.95. The van der Waals surface area contributed by atoms with Crippen LogP contribution in [0, 0.1) is 0 Å². The first-order valence-electron chi connectivity index (χ1n) is 17.4. The summed E-state index contributed by atoms with van der Waals surface area (Å²) in [6.45, 7) is 18.5. The van der Waals surface area contributed by atoms with Crippen molar-refractivity contribution in [3.05, 3.63) is 195 Å². The summed E-state index contributed by atoms with van der Waals surface area (Å²) in [5.74, 6) is 0. The van der Waals surface area contributed by atoms with E-state index in [0.29, 0.717) is 0 Å². The fourth-order valence-electron chi connectivity index (χ4n) is 7.69. The number of benzene rings is 5. The fraction of sp³-hybridized carbons (Fsp3) is 0.102. The van der Waals surface area contributed by atoms with Crippen LogP contribution in [-0.4, -0.2) is 0 Å². The van der Waals surface area contributed by atoms with Crippen LogP contribution in [0.2, 0.25) is 0 Å². The lowest BCUT2D eigenvalue weighted by Gasteiger charge is -2.27. The van der Waals surface area contributed by atoms with E-state index in [2.05, 4.69) is 161 Å². The second kappa shape index (κ2) is 12.8. The molecule has 2 aliphatic rings. The lowest BCUT2D eigenvalue weighted by atomic mass is 9.76. The quantitative estimate of drug-likeness (QED) is 0.173. The largest absolute Gasteiger partial charge is 0.135 e. The van der Waals surface area contributed by atoms with E-state index in [-0.39, 0.29) is 5.41 Å². The average Bonchev–Trinajstić information content (AvgIpc) is 3.63. The zero-order chi connectivity index (χ0) is 34.4. The first-order valence-corrected chi connectivity index (χ1v) is 18.2. The molecule has 0 saturated carbocycles. The van der Waals surface area contributed by atoms with Gasteiger partial charge in [-0.1, -0.05) is 149 Å². The van der Waals surface area contributed by atoms with Crippen LogP contribution < -0.4 is 20.9 Å². The predicted molar refractivity (Wildman–Crippen MR) is 221 cm³/mol. The minimum Gasteiger partial charge on any atom is -0.135 e. The fourth-order valence-corrected chi connectivity index (χ4v) is 8.81. The van der Waals surface area contributed by atoms with Crippen molar-refractivity contribution in [1.82, 2.24) is 0 Å². The van der Waals surface area contributed by atoms with Gasteiger partial charge in [-0.2, -0.15) is 0 Å². The first kappa shape index (κ1) is 31.7. The van der Waals surface area contributed by atoms with E-state index < -0.39 is 0 Å². The third kappa shape index (κ3) is 5.49. The van der Waals surface area contributed by atoms with Crippen molar-refractivity contribution in [1.29, 1.82) is 0 Å². The van der Waals surface area contributed by atoms with E-state index in [0.717, 1.165) is 56.0 Å². The molecule has 1 heterocycles. The summed E-state index contributed by atoms with van der Waals surface area (Å²) in [5.41, 5.74) is 10.5. The van der Waals surface area contributed by atoms with Crippen molar-refractivity contribution in [3.8, 4) is 0 Å². The number of rotatable bonds is 5. The van der Waals surface area contributed by atoms with Gasteiger partial charge >= 0.3 is 0 Å².